The topological polar surface area (TPSA) is 48.4 Å². The molecule has 128 valence electrons. The Morgan fingerprint density at radius 2 is 2.04 bits per heavy atom. The molecule has 1 atom stereocenters. The second-order valence-corrected chi connectivity index (χ2v) is 12.0. The fourth-order valence-electron chi connectivity index (χ4n) is 1.72. The summed E-state index contributed by atoms with van der Waals surface area (Å²) in [7, 11) is -2.16. The van der Waals surface area contributed by atoms with Crippen molar-refractivity contribution in [1.29, 1.82) is 0 Å². The molecule has 0 amide bonds. The van der Waals surface area contributed by atoms with Crippen LogP contribution in [0, 0.1) is 0 Å². The number of pyridine rings is 1. The number of ether oxygens (including phenoxy) is 1. The lowest BCUT2D eigenvalue weighted by molar-refractivity contribution is -0.139. The van der Waals surface area contributed by atoms with Gasteiger partial charge in [-0.05, 0) is 31.1 Å². The van der Waals surface area contributed by atoms with Gasteiger partial charge in [0.15, 0.2) is 8.32 Å². The van der Waals surface area contributed by atoms with Crippen LogP contribution in [0.3, 0.4) is 0 Å². The molecule has 1 heterocycles. The second-order valence-electron chi connectivity index (χ2n) is 6.89. The summed E-state index contributed by atoms with van der Waals surface area (Å²) < 4.78 is 11.5. The molecular formula is C17H26ClNO3Si. The molecule has 0 N–H and O–H groups in total. The van der Waals surface area contributed by atoms with Gasteiger partial charge in [0.1, 0.15) is 11.3 Å². The Hall–Kier alpha value is -1.17. The fourth-order valence-corrected chi connectivity index (χ4v) is 3.15. The molecule has 0 aliphatic rings. The average molecular weight is 356 g/mol. The first-order chi connectivity index (χ1) is 10.5. The van der Waals surface area contributed by atoms with Crippen molar-refractivity contribution in [2.75, 3.05) is 6.61 Å². The first kappa shape index (κ1) is 19.9. The highest BCUT2D eigenvalue weighted by Crippen LogP contribution is 2.42. The number of aromatic nitrogens is 1. The SMILES string of the molecule is C=C(C(=O)OCC)C(O[Si](C)(C)C(C)(C)C)c1cccnc1Cl. The van der Waals surface area contributed by atoms with Crippen LogP contribution in [0.1, 0.15) is 39.4 Å². The Labute approximate surface area is 145 Å². The summed E-state index contributed by atoms with van der Waals surface area (Å²) in [4.78, 5) is 16.2. The molecule has 0 aliphatic carbocycles. The highest BCUT2D eigenvalue weighted by molar-refractivity contribution is 6.74. The monoisotopic (exact) mass is 355 g/mol. The first-order valence-corrected chi connectivity index (χ1v) is 10.9. The van der Waals surface area contributed by atoms with Gasteiger partial charge in [0.25, 0.3) is 0 Å². The maximum Gasteiger partial charge on any atom is 0.336 e. The van der Waals surface area contributed by atoms with Crippen LogP contribution >= 0.6 is 11.6 Å². The number of rotatable bonds is 6. The highest BCUT2D eigenvalue weighted by atomic mass is 35.5. The third-order valence-corrected chi connectivity index (χ3v) is 8.90. The Balaban J connectivity index is 3.25. The van der Waals surface area contributed by atoms with Gasteiger partial charge in [0, 0.05) is 11.8 Å². The van der Waals surface area contributed by atoms with Crippen LogP contribution in [-0.2, 0) is 14.0 Å². The minimum Gasteiger partial charge on any atom is -0.463 e. The Bertz CT molecular complexity index is 581. The Morgan fingerprint density at radius 1 is 1.43 bits per heavy atom. The highest BCUT2D eigenvalue weighted by Gasteiger charge is 2.41. The van der Waals surface area contributed by atoms with Crippen LogP contribution in [0.15, 0.2) is 30.5 Å². The molecule has 1 unspecified atom stereocenters. The van der Waals surface area contributed by atoms with E-state index in [9.17, 15) is 4.79 Å². The summed E-state index contributed by atoms with van der Waals surface area (Å²) >= 11 is 6.22. The number of esters is 1. The summed E-state index contributed by atoms with van der Waals surface area (Å²) in [5, 5.41) is 0.288. The molecule has 4 nitrogen and oxygen atoms in total. The number of carbonyl (C=O) groups excluding carboxylic acids is 1. The van der Waals surface area contributed by atoms with Crippen LogP contribution in [0.5, 0.6) is 0 Å². The maximum absolute atomic E-state index is 12.2. The number of hydrogen-bond donors (Lipinski definition) is 0. The Kier molecular flexibility index (Phi) is 6.56. The third-order valence-electron chi connectivity index (χ3n) is 4.14. The van der Waals surface area contributed by atoms with E-state index in [2.05, 4.69) is 45.4 Å². The van der Waals surface area contributed by atoms with E-state index < -0.39 is 20.4 Å². The normalized spacial score (nSPS) is 13.5. The van der Waals surface area contributed by atoms with E-state index in [0.717, 1.165) is 0 Å². The van der Waals surface area contributed by atoms with Crippen LogP contribution in [0.2, 0.25) is 23.3 Å². The maximum atomic E-state index is 12.2. The van der Waals surface area contributed by atoms with Gasteiger partial charge < -0.3 is 9.16 Å². The molecule has 6 heteroatoms. The summed E-state index contributed by atoms with van der Waals surface area (Å²) in [5.74, 6) is -0.476. The lowest BCUT2D eigenvalue weighted by atomic mass is 10.1. The minimum absolute atomic E-state index is 0.0190. The largest absolute Gasteiger partial charge is 0.463 e. The third kappa shape index (κ3) is 4.90. The van der Waals surface area contributed by atoms with Crippen molar-refractivity contribution in [2.45, 2.75) is 51.9 Å². The molecule has 0 fully saturated rings. The number of carbonyl (C=O) groups is 1. The smallest absolute Gasteiger partial charge is 0.336 e. The average Bonchev–Trinajstić information content (AvgIpc) is 2.44. The van der Waals surface area contributed by atoms with Crippen LogP contribution in [0.25, 0.3) is 0 Å². The quantitative estimate of drug-likeness (QED) is 0.314. The van der Waals surface area contributed by atoms with Gasteiger partial charge in [-0.15, -0.1) is 0 Å². The van der Waals surface area contributed by atoms with Gasteiger partial charge >= 0.3 is 5.97 Å². The van der Waals surface area contributed by atoms with Gasteiger partial charge in [0.2, 0.25) is 0 Å². The zero-order valence-electron chi connectivity index (χ0n) is 14.8. The fraction of sp³-hybridized carbons (Fsp3) is 0.529. The molecule has 0 aromatic carbocycles. The standard InChI is InChI=1S/C17H26ClNO3Si/c1-8-21-16(20)12(2)14(13-10-9-11-19-15(13)18)22-23(6,7)17(3,4)5/h9-11,14H,2,8H2,1,3-7H3. The molecular weight excluding hydrogens is 330 g/mol. The molecule has 1 rings (SSSR count). The summed E-state index contributed by atoms with van der Waals surface area (Å²) in [6.45, 7) is 16.6. The second kappa shape index (κ2) is 7.60. The number of hydrogen-bond acceptors (Lipinski definition) is 4. The van der Waals surface area contributed by atoms with Crippen molar-refractivity contribution in [3.05, 3.63) is 41.2 Å². The van der Waals surface area contributed by atoms with Crippen LogP contribution < -0.4 is 0 Å². The minimum atomic E-state index is -2.16. The lowest BCUT2D eigenvalue weighted by Crippen LogP contribution is -2.42. The molecule has 0 spiro atoms. The summed E-state index contributed by atoms with van der Waals surface area (Å²) in [6, 6.07) is 3.57. The van der Waals surface area contributed by atoms with Gasteiger partial charge in [-0.25, -0.2) is 9.78 Å². The Morgan fingerprint density at radius 3 is 2.52 bits per heavy atom. The molecule has 0 aliphatic heterocycles. The summed E-state index contributed by atoms with van der Waals surface area (Å²) in [6.07, 6.45) is 0.943. The molecule has 0 bridgehead atoms. The van der Waals surface area contributed by atoms with E-state index >= 15 is 0 Å². The predicted molar refractivity (Wildman–Crippen MR) is 96.0 cm³/mol. The lowest BCUT2D eigenvalue weighted by Gasteiger charge is -2.39. The van der Waals surface area contributed by atoms with Crippen LogP contribution in [-0.4, -0.2) is 25.9 Å². The van der Waals surface area contributed by atoms with E-state index in [-0.39, 0.29) is 17.2 Å². The van der Waals surface area contributed by atoms with Crippen molar-refractivity contribution in [1.82, 2.24) is 4.98 Å². The van der Waals surface area contributed by atoms with Gasteiger partial charge in [-0.3, -0.25) is 0 Å². The van der Waals surface area contributed by atoms with Crippen molar-refractivity contribution in [2.24, 2.45) is 0 Å². The molecule has 23 heavy (non-hydrogen) atoms. The first-order valence-electron chi connectivity index (χ1n) is 7.65. The van der Waals surface area contributed by atoms with Crippen LogP contribution in [0.4, 0.5) is 0 Å². The molecule has 0 saturated heterocycles. The molecule has 1 aromatic rings. The zero-order valence-corrected chi connectivity index (χ0v) is 16.5. The van der Waals surface area contributed by atoms with E-state index in [1.54, 1.807) is 25.3 Å². The van der Waals surface area contributed by atoms with E-state index in [4.69, 9.17) is 20.8 Å². The van der Waals surface area contributed by atoms with Crippen molar-refractivity contribution < 1.29 is 14.0 Å². The zero-order chi connectivity index (χ0) is 17.8. The van der Waals surface area contributed by atoms with Crippen molar-refractivity contribution >= 4 is 25.9 Å². The van der Waals surface area contributed by atoms with Crippen molar-refractivity contribution in [3.8, 4) is 0 Å². The molecule has 0 radical (unpaired) electrons. The summed E-state index contributed by atoms with van der Waals surface area (Å²) in [5.41, 5.74) is 0.878. The molecule has 0 saturated carbocycles. The molecule has 1 aromatic heterocycles. The number of nitrogens with zero attached hydrogens (tertiary/aromatic N) is 1. The number of halogens is 1. The van der Waals surface area contributed by atoms with Gasteiger partial charge in [-0.1, -0.05) is 45.0 Å². The van der Waals surface area contributed by atoms with E-state index in [1.807, 2.05) is 0 Å². The van der Waals surface area contributed by atoms with E-state index in [0.29, 0.717) is 10.7 Å². The predicted octanol–water partition coefficient (Wildman–Crippen LogP) is 4.92. The van der Waals surface area contributed by atoms with Gasteiger partial charge in [0.05, 0.1) is 12.2 Å². The van der Waals surface area contributed by atoms with E-state index in [1.165, 1.54) is 0 Å². The van der Waals surface area contributed by atoms with Crippen molar-refractivity contribution in [3.63, 3.8) is 0 Å². The van der Waals surface area contributed by atoms with Gasteiger partial charge in [-0.2, -0.15) is 0 Å².